The van der Waals surface area contributed by atoms with Gasteiger partial charge < -0.3 is 10.1 Å². The van der Waals surface area contributed by atoms with E-state index in [1.807, 2.05) is 6.92 Å². The average molecular weight is 281 g/mol. The molecule has 0 aliphatic rings. The van der Waals surface area contributed by atoms with Crippen LogP contribution in [0.3, 0.4) is 0 Å². The maximum absolute atomic E-state index is 5.64. The van der Waals surface area contributed by atoms with E-state index in [4.69, 9.17) is 16.3 Å². The van der Waals surface area contributed by atoms with Crippen LogP contribution >= 0.6 is 27.5 Å². The number of nitrogens with zero attached hydrogens (tertiary/aromatic N) is 2. The van der Waals surface area contributed by atoms with E-state index in [9.17, 15) is 0 Å². The second kappa shape index (κ2) is 6.16. The first-order valence-electron chi connectivity index (χ1n) is 4.23. The van der Waals surface area contributed by atoms with E-state index in [0.29, 0.717) is 25.6 Å². The van der Waals surface area contributed by atoms with Gasteiger partial charge in [0, 0.05) is 19.3 Å². The Morgan fingerprint density at radius 1 is 1.64 bits per heavy atom. The van der Waals surface area contributed by atoms with Crippen LogP contribution in [-0.4, -0.2) is 29.7 Å². The molecule has 0 spiro atoms. The van der Waals surface area contributed by atoms with E-state index in [2.05, 4.69) is 31.2 Å². The molecule has 6 heteroatoms. The molecule has 0 unspecified atom stereocenters. The minimum Gasteiger partial charge on any atom is -0.380 e. The maximum Gasteiger partial charge on any atom is 0.224 e. The summed E-state index contributed by atoms with van der Waals surface area (Å²) in [7, 11) is 0. The molecular formula is C8H11BrClN3O. The average Bonchev–Trinajstić information content (AvgIpc) is 2.18. The van der Waals surface area contributed by atoms with Crippen molar-refractivity contribution >= 4 is 33.3 Å². The van der Waals surface area contributed by atoms with Crippen LogP contribution in [0.2, 0.25) is 5.28 Å². The van der Waals surface area contributed by atoms with Gasteiger partial charge in [0.25, 0.3) is 0 Å². The molecule has 0 aliphatic heterocycles. The Hall–Kier alpha value is -0.390. The van der Waals surface area contributed by atoms with E-state index in [0.717, 1.165) is 4.47 Å². The molecule has 14 heavy (non-hydrogen) atoms. The van der Waals surface area contributed by atoms with E-state index in [-0.39, 0.29) is 5.28 Å². The number of aromatic nitrogens is 2. The summed E-state index contributed by atoms with van der Waals surface area (Å²) in [5.74, 6) is 0.685. The van der Waals surface area contributed by atoms with Gasteiger partial charge in [-0.2, -0.15) is 4.98 Å². The Labute approximate surface area is 96.2 Å². The van der Waals surface area contributed by atoms with Crippen LogP contribution in [0.1, 0.15) is 6.92 Å². The first-order valence-corrected chi connectivity index (χ1v) is 5.40. The molecule has 0 aliphatic carbocycles. The molecule has 0 saturated carbocycles. The summed E-state index contributed by atoms with van der Waals surface area (Å²) in [6.45, 7) is 4.01. The summed E-state index contributed by atoms with van der Waals surface area (Å²) in [4.78, 5) is 7.83. The number of nitrogens with one attached hydrogen (secondary N) is 1. The molecule has 1 aromatic rings. The highest BCUT2D eigenvalue weighted by atomic mass is 79.9. The molecule has 0 radical (unpaired) electrons. The van der Waals surface area contributed by atoms with Crippen LogP contribution in [0.5, 0.6) is 0 Å². The van der Waals surface area contributed by atoms with E-state index >= 15 is 0 Å². The second-order valence-electron chi connectivity index (χ2n) is 2.46. The molecule has 4 nitrogen and oxygen atoms in total. The number of halogens is 2. The van der Waals surface area contributed by atoms with Gasteiger partial charge in [0.05, 0.1) is 11.1 Å². The van der Waals surface area contributed by atoms with Crippen molar-refractivity contribution in [2.24, 2.45) is 0 Å². The molecule has 0 aromatic carbocycles. The lowest BCUT2D eigenvalue weighted by atomic mass is 10.5. The molecular weight excluding hydrogens is 269 g/mol. The molecule has 0 atom stereocenters. The van der Waals surface area contributed by atoms with Gasteiger partial charge in [-0.15, -0.1) is 0 Å². The summed E-state index contributed by atoms with van der Waals surface area (Å²) in [5, 5.41) is 3.31. The third-order valence-corrected chi connectivity index (χ3v) is 2.22. The summed E-state index contributed by atoms with van der Waals surface area (Å²) in [6.07, 6.45) is 1.61. The van der Waals surface area contributed by atoms with Gasteiger partial charge >= 0.3 is 0 Å². The van der Waals surface area contributed by atoms with Crippen molar-refractivity contribution in [3.05, 3.63) is 16.0 Å². The van der Waals surface area contributed by atoms with Gasteiger partial charge in [0.2, 0.25) is 5.28 Å². The second-order valence-corrected chi connectivity index (χ2v) is 3.65. The third kappa shape index (κ3) is 3.77. The zero-order chi connectivity index (χ0) is 10.4. The number of hydrogen-bond acceptors (Lipinski definition) is 4. The minimum absolute atomic E-state index is 0.229. The van der Waals surface area contributed by atoms with Gasteiger partial charge in [-0.1, -0.05) is 0 Å². The monoisotopic (exact) mass is 279 g/mol. The summed E-state index contributed by atoms with van der Waals surface area (Å²) >= 11 is 8.96. The van der Waals surface area contributed by atoms with Crippen LogP contribution in [0.25, 0.3) is 0 Å². The summed E-state index contributed by atoms with van der Waals surface area (Å²) in [6, 6.07) is 0. The van der Waals surface area contributed by atoms with Crippen molar-refractivity contribution in [1.82, 2.24) is 9.97 Å². The molecule has 1 N–H and O–H groups in total. The van der Waals surface area contributed by atoms with Crippen molar-refractivity contribution in [3.63, 3.8) is 0 Å². The van der Waals surface area contributed by atoms with Crippen LogP contribution < -0.4 is 5.32 Å². The standard InChI is InChI=1S/C8H11BrClN3O/c1-2-14-4-3-11-7-6(9)5-12-8(10)13-7/h5H,2-4H2,1H3,(H,11,12,13). The van der Waals surface area contributed by atoms with Crippen LogP contribution in [0, 0.1) is 0 Å². The van der Waals surface area contributed by atoms with Crippen molar-refractivity contribution < 1.29 is 4.74 Å². The summed E-state index contributed by atoms with van der Waals surface area (Å²) < 4.78 is 5.96. The van der Waals surface area contributed by atoms with Gasteiger partial charge in [0.15, 0.2) is 0 Å². The number of hydrogen-bond donors (Lipinski definition) is 1. The van der Waals surface area contributed by atoms with Gasteiger partial charge in [-0.05, 0) is 34.5 Å². The molecule has 0 bridgehead atoms. The minimum atomic E-state index is 0.229. The van der Waals surface area contributed by atoms with Crippen molar-refractivity contribution in [3.8, 4) is 0 Å². The predicted octanol–water partition coefficient (Wildman–Crippen LogP) is 2.34. The first kappa shape index (κ1) is 11.7. The molecule has 78 valence electrons. The third-order valence-electron chi connectivity index (χ3n) is 1.46. The van der Waals surface area contributed by atoms with Crippen LogP contribution in [0.4, 0.5) is 5.82 Å². The lowest BCUT2D eigenvalue weighted by molar-refractivity contribution is 0.158. The van der Waals surface area contributed by atoms with Gasteiger partial charge in [-0.3, -0.25) is 0 Å². The number of rotatable bonds is 5. The maximum atomic E-state index is 5.64. The Bertz CT molecular complexity index is 298. The quantitative estimate of drug-likeness (QED) is 0.664. The fourth-order valence-electron chi connectivity index (χ4n) is 0.856. The van der Waals surface area contributed by atoms with Gasteiger partial charge in [-0.25, -0.2) is 4.98 Å². The van der Waals surface area contributed by atoms with E-state index < -0.39 is 0 Å². The molecule has 0 fully saturated rings. The number of anilines is 1. The summed E-state index contributed by atoms with van der Waals surface area (Å²) in [5.41, 5.74) is 0. The van der Waals surface area contributed by atoms with Gasteiger partial charge in [0.1, 0.15) is 5.82 Å². The number of ether oxygens (including phenoxy) is 1. The first-order chi connectivity index (χ1) is 6.74. The normalized spacial score (nSPS) is 10.2. The Balaban J connectivity index is 2.45. The Kier molecular flexibility index (Phi) is 5.14. The zero-order valence-corrected chi connectivity index (χ0v) is 10.1. The largest absolute Gasteiger partial charge is 0.380 e. The Morgan fingerprint density at radius 2 is 2.43 bits per heavy atom. The molecule has 1 heterocycles. The SMILES string of the molecule is CCOCCNc1nc(Cl)ncc1Br. The van der Waals surface area contributed by atoms with Crippen LogP contribution in [0.15, 0.2) is 10.7 Å². The van der Waals surface area contributed by atoms with E-state index in [1.165, 1.54) is 0 Å². The Morgan fingerprint density at radius 3 is 3.14 bits per heavy atom. The lowest BCUT2D eigenvalue weighted by Gasteiger charge is -2.06. The predicted molar refractivity (Wildman–Crippen MR) is 59.7 cm³/mol. The smallest absolute Gasteiger partial charge is 0.224 e. The molecule has 1 rings (SSSR count). The van der Waals surface area contributed by atoms with Crippen LogP contribution in [-0.2, 0) is 4.74 Å². The van der Waals surface area contributed by atoms with Crippen molar-refractivity contribution in [1.29, 1.82) is 0 Å². The zero-order valence-electron chi connectivity index (χ0n) is 7.76. The highest BCUT2D eigenvalue weighted by Gasteiger charge is 2.02. The highest BCUT2D eigenvalue weighted by molar-refractivity contribution is 9.10. The lowest BCUT2D eigenvalue weighted by Crippen LogP contribution is -2.10. The highest BCUT2D eigenvalue weighted by Crippen LogP contribution is 2.19. The van der Waals surface area contributed by atoms with E-state index in [1.54, 1.807) is 6.20 Å². The topological polar surface area (TPSA) is 47.0 Å². The van der Waals surface area contributed by atoms with Crippen molar-refractivity contribution in [2.75, 3.05) is 25.1 Å². The molecule has 0 amide bonds. The van der Waals surface area contributed by atoms with Crippen molar-refractivity contribution in [2.45, 2.75) is 6.92 Å². The fourth-order valence-corrected chi connectivity index (χ4v) is 1.32. The molecule has 1 aromatic heterocycles. The fraction of sp³-hybridized carbons (Fsp3) is 0.500. The molecule has 0 saturated heterocycles.